The van der Waals surface area contributed by atoms with Gasteiger partial charge in [-0.1, -0.05) is 0 Å². The fraction of sp³-hybridized carbons (Fsp3) is 0.0909. The first-order chi connectivity index (χ1) is 7.94. The van der Waals surface area contributed by atoms with E-state index in [1.165, 1.54) is 23.6 Å². The number of rotatable bonds is 2. The summed E-state index contributed by atoms with van der Waals surface area (Å²) in [5, 5.41) is 12.2. The lowest BCUT2D eigenvalue weighted by Crippen LogP contribution is -2.11. The predicted octanol–water partition coefficient (Wildman–Crippen LogP) is 3.66. The summed E-state index contributed by atoms with van der Waals surface area (Å²) in [6.45, 7) is 0. The average Bonchev–Trinajstić information content (AvgIpc) is 2.64. The Labute approximate surface area is 98.4 Å². The first-order valence-corrected chi connectivity index (χ1v) is 6.15. The van der Waals surface area contributed by atoms with Gasteiger partial charge in [-0.3, -0.25) is 0 Å². The Morgan fingerprint density at radius 3 is 2.35 bits per heavy atom. The molecule has 1 unspecified atom stereocenters. The highest BCUT2D eigenvalue weighted by molar-refractivity contribution is 8.22. The summed E-state index contributed by atoms with van der Waals surface area (Å²) < 4.78 is 39.7. The number of allylic oxidation sites excluding steroid dienone is 1. The quantitative estimate of drug-likeness (QED) is 0.796. The van der Waals surface area contributed by atoms with Crippen molar-refractivity contribution in [2.24, 2.45) is 0 Å². The maximum atomic E-state index is 12.0. The predicted molar refractivity (Wildman–Crippen MR) is 59.7 cm³/mol. The van der Waals surface area contributed by atoms with Gasteiger partial charge in [0, 0.05) is 5.41 Å². The van der Waals surface area contributed by atoms with Crippen molar-refractivity contribution in [1.29, 1.82) is 0 Å². The third kappa shape index (κ3) is 3.20. The van der Waals surface area contributed by atoms with Crippen molar-refractivity contribution in [3.05, 3.63) is 46.9 Å². The molecule has 0 radical (unpaired) electrons. The SMILES string of the molecule is Oc1ccc([SH]2C=CC(OC(F)(F)F)=C2)cc1. The summed E-state index contributed by atoms with van der Waals surface area (Å²) in [4.78, 5) is 0.856. The number of phenols is 1. The molecule has 0 aliphatic carbocycles. The highest BCUT2D eigenvalue weighted by atomic mass is 32.2. The molecule has 1 N–H and O–H groups in total. The summed E-state index contributed by atoms with van der Waals surface area (Å²) in [6.07, 6.45) is -3.34. The lowest BCUT2D eigenvalue weighted by atomic mass is 10.3. The second-order valence-electron chi connectivity index (χ2n) is 3.32. The molecule has 92 valence electrons. The molecule has 2 rings (SSSR count). The van der Waals surface area contributed by atoms with Gasteiger partial charge in [0.25, 0.3) is 0 Å². The van der Waals surface area contributed by atoms with Gasteiger partial charge < -0.3 is 9.84 Å². The number of phenolic OH excluding ortho intramolecular Hbond substituents is 1. The number of halogens is 3. The standard InChI is InChI=1S/C11H9F3O2S/c12-11(13,14)16-9-5-6-17(7-9)10-3-1-8(15)2-4-10/h1-7,15,17H. The van der Waals surface area contributed by atoms with Gasteiger partial charge in [-0.15, -0.1) is 13.2 Å². The Balaban J connectivity index is 2.12. The Kier molecular flexibility index (Phi) is 3.06. The van der Waals surface area contributed by atoms with Gasteiger partial charge in [0.2, 0.25) is 0 Å². The molecule has 1 aromatic carbocycles. The molecule has 1 aliphatic heterocycles. The highest BCUT2D eigenvalue weighted by Crippen LogP contribution is 2.45. The van der Waals surface area contributed by atoms with Gasteiger partial charge in [-0.05, 0) is 40.6 Å². The van der Waals surface area contributed by atoms with Crippen molar-refractivity contribution in [3.63, 3.8) is 0 Å². The minimum atomic E-state index is -4.66. The minimum Gasteiger partial charge on any atom is -0.508 e. The molecule has 0 saturated heterocycles. The second-order valence-corrected chi connectivity index (χ2v) is 5.21. The van der Waals surface area contributed by atoms with E-state index in [1.54, 1.807) is 17.5 Å². The lowest BCUT2D eigenvalue weighted by molar-refractivity contribution is -0.303. The van der Waals surface area contributed by atoms with Gasteiger partial charge in [0.05, 0.1) is 0 Å². The van der Waals surface area contributed by atoms with Crippen LogP contribution >= 0.6 is 10.9 Å². The summed E-state index contributed by atoms with van der Waals surface area (Å²) >= 11 is 0. The molecular formula is C11H9F3O2S. The normalized spacial score (nSPS) is 21.4. The van der Waals surface area contributed by atoms with Gasteiger partial charge in [0.1, 0.15) is 11.5 Å². The van der Waals surface area contributed by atoms with Crippen LogP contribution in [0.4, 0.5) is 13.2 Å². The minimum absolute atomic E-state index is 0.127. The zero-order chi connectivity index (χ0) is 12.5. The molecule has 0 fully saturated rings. The summed E-state index contributed by atoms with van der Waals surface area (Å²) in [5.41, 5.74) is 0. The maximum Gasteiger partial charge on any atom is 0.573 e. The first-order valence-electron chi connectivity index (χ1n) is 4.67. The zero-order valence-corrected chi connectivity index (χ0v) is 9.37. The van der Waals surface area contributed by atoms with E-state index in [-0.39, 0.29) is 11.5 Å². The molecule has 1 aromatic rings. The number of hydrogen-bond acceptors (Lipinski definition) is 2. The molecule has 2 nitrogen and oxygen atoms in total. The topological polar surface area (TPSA) is 29.5 Å². The van der Waals surface area contributed by atoms with Crippen LogP contribution in [0.15, 0.2) is 51.8 Å². The van der Waals surface area contributed by atoms with E-state index in [2.05, 4.69) is 4.74 Å². The van der Waals surface area contributed by atoms with Crippen molar-refractivity contribution in [2.45, 2.75) is 11.3 Å². The van der Waals surface area contributed by atoms with E-state index in [1.807, 2.05) is 0 Å². The molecule has 0 amide bonds. The molecular weight excluding hydrogens is 253 g/mol. The summed E-state index contributed by atoms with van der Waals surface area (Å²) in [6, 6.07) is 6.36. The number of aromatic hydroxyl groups is 1. The number of hydrogen-bond donors (Lipinski definition) is 2. The second kappa shape index (κ2) is 4.37. The Hall–Kier alpha value is -1.56. The van der Waals surface area contributed by atoms with Gasteiger partial charge in [-0.25, -0.2) is 0 Å². The molecule has 1 aliphatic rings. The largest absolute Gasteiger partial charge is 0.573 e. The Bertz CT molecular complexity index is 463. The monoisotopic (exact) mass is 262 g/mol. The van der Waals surface area contributed by atoms with Crippen LogP contribution in [0.25, 0.3) is 0 Å². The smallest absolute Gasteiger partial charge is 0.508 e. The first kappa shape index (κ1) is 11.9. The molecule has 17 heavy (non-hydrogen) atoms. The molecule has 0 bridgehead atoms. The van der Waals surface area contributed by atoms with Crippen LogP contribution in [-0.4, -0.2) is 11.5 Å². The number of thiol groups is 1. The van der Waals surface area contributed by atoms with Crippen LogP contribution in [0.1, 0.15) is 0 Å². The van der Waals surface area contributed by atoms with E-state index < -0.39 is 17.3 Å². The highest BCUT2D eigenvalue weighted by Gasteiger charge is 2.32. The lowest BCUT2D eigenvalue weighted by Gasteiger charge is -2.10. The van der Waals surface area contributed by atoms with Crippen LogP contribution in [0, 0.1) is 0 Å². The van der Waals surface area contributed by atoms with Crippen molar-refractivity contribution in [1.82, 2.24) is 0 Å². The van der Waals surface area contributed by atoms with Crippen LogP contribution < -0.4 is 0 Å². The van der Waals surface area contributed by atoms with E-state index >= 15 is 0 Å². The molecule has 1 heterocycles. The van der Waals surface area contributed by atoms with E-state index in [0.29, 0.717) is 0 Å². The number of alkyl halides is 3. The van der Waals surface area contributed by atoms with Crippen LogP contribution in [0.3, 0.4) is 0 Å². The van der Waals surface area contributed by atoms with Crippen LogP contribution in [0.5, 0.6) is 5.75 Å². The van der Waals surface area contributed by atoms with E-state index in [4.69, 9.17) is 5.11 Å². The molecule has 1 atom stereocenters. The average molecular weight is 262 g/mol. The number of ether oxygens (including phenoxy) is 1. The van der Waals surface area contributed by atoms with Crippen LogP contribution in [-0.2, 0) is 4.74 Å². The molecule has 0 saturated carbocycles. The Morgan fingerprint density at radius 2 is 1.76 bits per heavy atom. The molecule has 0 aromatic heterocycles. The molecule has 6 heteroatoms. The van der Waals surface area contributed by atoms with Crippen LogP contribution in [0.2, 0.25) is 0 Å². The van der Waals surface area contributed by atoms with Gasteiger partial charge in [0.15, 0.2) is 0 Å². The summed E-state index contributed by atoms with van der Waals surface area (Å²) in [5.74, 6) is -0.0562. The van der Waals surface area contributed by atoms with E-state index in [0.717, 1.165) is 4.90 Å². The van der Waals surface area contributed by atoms with Crippen molar-refractivity contribution < 1.29 is 23.0 Å². The maximum absolute atomic E-state index is 12.0. The third-order valence-corrected chi connectivity index (χ3v) is 3.94. The summed E-state index contributed by atoms with van der Waals surface area (Å²) in [7, 11) is -0.924. The van der Waals surface area contributed by atoms with Crippen molar-refractivity contribution >= 4 is 10.9 Å². The zero-order valence-electron chi connectivity index (χ0n) is 8.48. The molecule has 0 spiro atoms. The van der Waals surface area contributed by atoms with Gasteiger partial charge in [-0.2, -0.15) is 10.9 Å². The third-order valence-electron chi connectivity index (χ3n) is 2.05. The fourth-order valence-electron chi connectivity index (χ4n) is 1.36. The van der Waals surface area contributed by atoms with Gasteiger partial charge >= 0.3 is 6.36 Å². The van der Waals surface area contributed by atoms with E-state index in [9.17, 15) is 13.2 Å². The number of benzene rings is 1. The fourth-order valence-corrected chi connectivity index (χ4v) is 2.98. The Morgan fingerprint density at radius 1 is 1.12 bits per heavy atom. The van der Waals surface area contributed by atoms with Crippen molar-refractivity contribution in [2.75, 3.05) is 0 Å². The van der Waals surface area contributed by atoms with Crippen molar-refractivity contribution in [3.8, 4) is 5.75 Å².